The zero-order valence-electron chi connectivity index (χ0n) is 13.7. The lowest BCUT2D eigenvalue weighted by atomic mass is 10.2. The van der Waals surface area contributed by atoms with Gasteiger partial charge in [0.05, 0.1) is 6.54 Å². The van der Waals surface area contributed by atoms with E-state index in [4.69, 9.17) is 11.6 Å². The van der Waals surface area contributed by atoms with E-state index in [0.717, 1.165) is 44.0 Å². The number of carbonyl (C=O) groups is 1. The normalized spacial score (nSPS) is 17.0. The third-order valence-electron chi connectivity index (χ3n) is 4.00. The molecule has 0 unspecified atom stereocenters. The highest BCUT2D eigenvalue weighted by Gasteiger charge is 2.19. The fraction of sp³-hybridized carbons (Fsp3) is 0.588. The van der Waals surface area contributed by atoms with Gasteiger partial charge in [0.1, 0.15) is 0 Å². The number of benzene rings is 1. The van der Waals surface area contributed by atoms with Crippen molar-refractivity contribution in [2.45, 2.75) is 20.8 Å². The molecule has 1 saturated heterocycles. The number of nitrogens with zero attached hydrogens (tertiary/aromatic N) is 2. The summed E-state index contributed by atoms with van der Waals surface area (Å²) in [5.41, 5.74) is 1.72. The van der Waals surface area contributed by atoms with Gasteiger partial charge in [0.2, 0.25) is 5.91 Å². The number of carbonyl (C=O) groups excluding carboxylic acids is 1. The van der Waals surface area contributed by atoms with Crippen LogP contribution in [0.4, 0.5) is 5.69 Å². The Morgan fingerprint density at radius 2 is 1.86 bits per heavy atom. The molecule has 1 heterocycles. The molecular formula is C17H26ClN3O. The van der Waals surface area contributed by atoms with Gasteiger partial charge in [-0.1, -0.05) is 31.5 Å². The number of rotatable bonds is 5. The van der Waals surface area contributed by atoms with E-state index in [1.54, 1.807) is 0 Å². The van der Waals surface area contributed by atoms with E-state index < -0.39 is 0 Å². The molecule has 1 N–H and O–H groups in total. The summed E-state index contributed by atoms with van der Waals surface area (Å²) < 4.78 is 0. The molecule has 0 radical (unpaired) electrons. The van der Waals surface area contributed by atoms with Gasteiger partial charge in [-0.15, -0.1) is 0 Å². The molecular weight excluding hydrogens is 298 g/mol. The largest absolute Gasteiger partial charge is 0.325 e. The molecule has 1 aromatic rings. The Balaban J connectivity index is 1.80. The van der Waals surface area contributed by atoms with E-state index >= 15 is 0 Å². The summed E-state index contributed by atoms with van der Waals surface area (Å²) in [4.78, 5) is 16.9. The highest BCUT2D eigenvalue weighted by Crippen LogP contribution is 2.22. The lowest BCUT2D eigenvalue weighted by molar-refractivity contribution is -0.117. The molecule has 2 rings (SSSR count). The van der Waals surface area contributed by atoms with Crippen LogP contribution < -0.4 is 5.32 Å². The molecule has 0 saturated carbocycles. The van der Waals surface area contributed by atoms with E-state index in [1.165, 1.54) is 0 Å². The maximum atomic E-state index is 12.2. The summed E-state index contributed by atoms with van der Waals surface area (Å²) in [5.74, 6) is 0.725. The molecule has 1 aromatic carbocycles. The van der Waals surface area contributed by atoms with Crippen molar-refractivity contribution in [2.24, 2.45) is 5.92 Å². The smallest absolute Gasteiger partial charge is 0.238 e. The molecule has 0 aliphatic carbocycles. The Hall–Kier alpha value is -1.10. The van der Waals surface area contributed by atoms with E-state index in [2.05, 4.69) is 29.0 Å². The van der Waals surface area contributed by atoms with Crippen molar-refractivity contribution in [3.8, 4) is 0 Å². The molecule has 5 heteroatoms. The molecule has 22 heavy (non-hydrogen) atoms. The van der Waals surface area contributed by atoms with Gasteiger partial charge in [-0.3, -0.25) is 9.69 Å². The third-order valence-corrected chi connectivity index (χ3v) is 4.41. The van der Waals surface area contributed by atoms with Gasteiger partial charge in [0, 0.05) is 43.4 Å². The summed E-state index contributed by atoms with van der Waals surface area (Å²) in [6, 6.07) is 5.58. The molecule has 0 atom stereocenters. The highest BCUT2D eigenvalue weighted by molar-refractivity contribution is 6.31. The summed E-state index contributed by atoms with van der Waals surface area (Å²) in [7, 11) is 0. The maximum Gasteiger partial charge on any atom is 0.238 e. The van der Waals surface area contributed by atoms with Crippen LogP contribution in [-0.4, -0.2) is 55.0 Å². The Kier molecular flexibility index (Phi) is 6.24. The number of hydrogen-bond donors (Lipinski definition) is 1. The number of piperazine rings is 1. The van der Waals surface area contributed by atoms with E-state index in [-0.39, 0.29) is 5.91 Å². The summed E-state index contributed by atoms with van der Waals surface area (Å²) in [6.45, 7) is 12.0. The first-order chi connectivity index (χ1) is 10.5. The fourth-order valence-corrected chi connectivity index (χ4v) is 2.96. The van der Waals surface area contributed by atoms with Gasteiger partial charge >= 0.3 is 0 Å². The predicted molar refractivity (Wildman–Crippen MR) is 92.5 cm³/mol. The number of halogens is 1. The molecule has 0 spiro atoms. The van der Waals surface area contributed by atoms with Crippen molar-refractivity contribution in [3.63, 3.8) is 0 Å². The highest BCUT2D eigenvalue weighted by atomic mass is 35.5. The van der Waals surface area contributed by atoms with Crippen LogP contribution in [0.2, 0.25) is 5.02 Å². The van der Waals surface area contributed by atoms with Crippen LogP contribution in [0.5, 0.6) is 0 Å². The zero-order valence-corrected chi connectivity index (χ0v) is 14.5. The summed E-state index contributed by atoms with van der Waals surface area (Å²) in [6.07, 6.45) is 0. The molecule has 0 aromatic heterocycles. The Labute approximate surface area is 138 Å². The van der Waals surface area contributed by atoms with Crippen molar-refractivity contribution < 1.29 is 4.79 Å². The van der Waals surface area contributed by atoms with Crippen molar-refractivity contribution in [3.05, 3.63) is 28.8 Å². The van der Waals surface area contributed by atoms with E-state index in [9.17, 15) is 4.79 Å². The monoisotopic (exact) mass is 323 g/mol. The summed E-state index contributed by atoms with van der Waals surface area (Å²) >= 11 is 6.08. The topological polar surface area (TPSA) is 35.6 Å². The molecule has 4 nitrogen and oxygen atoms in total. The first-order valence-corrected chi connectivity index (χ1v) is 8.33. The second-order valence-electron chi connectivity index (χ2n) is 6.43. The van der Waals surface area contributed by atoms with Crippen LogP contribution in [0.25, 0.3) is 0 Å². The van der Waals surface area contributed by atoms with Gasteiger partial charge < -0.3 is 10.2 Å². The van der Waals surface area contributed by atoms with Crippen LogP contribution in [0, 0.1) is 12.8 Å². The average Bonchev–Trinajstić information content (AvgIpc) is 2.45. The molecule has 1 aliphatic heterocycles. The number of hydrogen-bond acceptors (Lipinski definition) is 3. The van der Waals surface area contributed by atoms with Gasteiger partial charge in [-0.25, -0.2) is 0 Å². The van der Waals surface area contributed by atoms with Gasteiger partial charge in [-0.05, 0) is 30.5 Å². The van der Waals surface area contributed by atoms with Crippen molar-refractivity contribution in [1.29, 1.82) is 0 Å². The molecule has 1 aliphatic rings. The minimum atomic E-state index is 0.0303. The minimum Gasteiger partial charge on any atom is -0.325 e. The van der Waals surface area contributed by atoms with Crippen LogP contribution in [-0.2, 0) is 4.79 Å². The van der Waals surface area contributed by atoms with Gasteiger partial charge in [-0.2, -0.15) is 0 Å². The Morgan fingerprint density at radius 3 is 2.50 bits per heavy atom. The first-order valence-electron chi connectivity index (χ1n) is 7.95. The molecule has 1 fully saturated rings. The SMILES string of the molecule is Cc1c(Cl)cccc1NC(=O)CN1CCN(CC(C)C)CC1. The number of anilines is 1. The number of amides is 1. The standard InChI is InChI=1S/C17H26ClN3O/c1-13(2)11-20-7-9-21(10-8-20)12-17(22)19-16-6-4-5-15(18)14(16)3/h4-6,13H,7-12H2,1-3H3,(H,19,22). The molecule has 1 amide bonds. The van der Waals surface area contributed by atoms with Gasteiger partial charge in [0.15, 0.2) is 0 Å². The van der Waals surface area contributed by atoms with E-state index in [1.807, 2.05) is 25.1 Å². The Morgan fingerprint density at radius 1 is 1.23 bits per heavy atom. The van der Waals surface area contributed by atoms with E-state index in [0.29, 0.717) is 17.5 Å². The minimum absolute atomic E-state index is 0.0303. The van der Waals surface area contributed by atoms with Crippen molar-refractivity contribution in [1.82, 2.24) is 9.80 Å². The third kappa shape index (κ3) is 4.97. The van der Waals surface area contributed by atoms with Crippen LogP contribution in [0.3, 0.4) is 0 Å². The quantitative estimate of drug-likeness (QED) is 0.905. The van der Waals surface area contributed by atoms with Crippen LogP contribution in [0.15, 0.2) is 18.2 Å². The van der Waals surface area contributed by atoms with Crippen molar-refractivity contribution in [2.75, 3.05) is 44.6 Å². The summed E-state index contributed by atoms with van der Waals surface area (Å²) in [5, 5.41) is 3.64. The van der Waals surface area contributed by atoms with Crippen LogP contribution in [0.1, 0.15) is 19.4 Å². The molecule has 0 bridgehead atoms. The predicted octanol–water partition coefficient (Wildman–Crippen LogP) is 2.86. The van der Waals surface area contributed by atoms with Crippen LogP contribution >= 0.6 is 11.6 Å². The lowest BCUT2D eigenvalue weighted by Gasteiger charge is -2.35. The van der Waals surface area contributed by atoms with Crippen molar-refractivity contribution >= 4 is 23.2 Å². The second-order valence-corrected chi connectivity index (χ2v) is 6.84. The maximum absolute atomic E-state index is 12.2. The average molecular weight is 324 g/mol. The zero-order chi connectivity index (χ0) is 16.1. The lowest BCUT2D eigenvalue weighted by Crippen LogP contribution is -2.49. The fourth-order valence-electron chi connectivity index (χ4n) is 2.78. The Bertz CT molecular complexity index is 511. The second kappa shape index (κ2) is 7.95. The molecule has 122 valence electrons. The first kappa shape index (κ1) is 17.3. The van der Waals surface area contributed by atoms with Gasteiger partial charge in [0.25, 0.3) is 0 Å². The number of nitrogens with one attached hydrogen (secondary N) is 1.